The van der Waals surface area contributed by atoms with E-state index in [2.05, 4.69) is 25.8 Å². The zero-order valence-electron chi connectivity index (χ0n) is 21.5. The van der Waals surface area contributed by atoms with Crippen molar-refractivity contribution in [1.82, 2.24) is 4.98 Å². The normalized spacial score (nSPS) is 17.4. The van der Waals surface area contributed by atoms with Crippen LogP contribution in [0, 0.1) is 5.82 Å². The van der Waals surface area contributed by atoms with Crippen LogP contribution >= 0.6 is 11.3 Å². The number of nitrogens with zero attached hydrogens (tertiary/aromatic N) is 2. The average Bonchev–Trinajstić information content (AvgIpc) is 3.41. The molecule has 1 atom stereocenters. The Balaban J connectivity index is 1.69. The highest BCUT2D eigenvalue weighted by Gasteiger charge is 2.48. The molecule has 0 spiro atoms. The predicted octanol–water partition coefficient (Wildman–Crippen LogP) is 6.76. The first-order chi connectivity index (χ1) is 18.1. The van der Waals surface area contributed by atoms with Crippen molar-refractivity contribution >= 4 is 44.1 Å². The summed E-state index contributed by atoms with van der Waals surface area (Å²) in [6, 6.07) is 17.3. The number of rotatable bonds is 5. The van der Waals surface area contributed by atoms with E-state index >= 15 is 0 Å². The van der Waals surface area contributed by atoms with E-state index < -0.39 is 23.5 Å². The molecule has 0 aliphatic carbocycles. The van der Waals surface area contributed by atoms with Crippen LogP contribution in [0.15, 0.2) is 72.3 Å². The molecule has 3 aromatic carbocycles. The number of hydrogen-bond donors (Lipinski definition) is 1. The van der Waals surface area contributed by atoms with Crippen LogP contribution in [0.2, 0.25) is 0 Å². The van der Waals surface area contributed by atoms with Crippen molar-refractivity contribution in [3.8, 4) is 5.75 Å². The van der Waals surface area contributed by atoms with Crippen molar-refractivity contribution in [3.63, 3.8) is 0 Å². The number of hydrogen-bond acceptors (Lipinski definition) is 6. The molecule has 0 saturated carbocycles. The number of aromatic nitrogens is 1. The van der Waals surface area contributed by atoms with Gasteiger partial charge in [0.15, 0.2) is 5.13 Å². The predicted molar refractivity (Wildman–Crippen MR) is 147 cm³/mol. The molecule has 0 radical (unpaired) electrons. The number of halogens is 1. The van der Waals surface area contributed by atoms with E-state index in [1.807, 2.05) is 43.3 Å². The average molecular weight is 531 g/mol. The molecule has 1 fully saturated rings. The highest BCUT2D eigenvalue weighted by atomic mass is 32.1. The Morgan fingerprint density at radius 3 is 2.37 bits per heavy atom. The third-order valence-corrected chi connectivity index (χ3v) is 7.54. The molecule has 38 heavy (non-hydrogen) atoms. The van der Waals surface area contributed by atoms with E-state index in [9.17, 15) is 19.1 Å². The van der Waals surface area contributed by atoms with Gasteiger partial charge in [-0.15, -0.1) is 0 Å². The number of carbonyl (C=O) groups is 2. The molecule has 0 bridgehead atoms. The highest BCUT2D eigenvalue weighted by Crippen LogP contribution is 2.45. The van der Waals surface area contributed by atoms with Crippen molar-refractivity contribution in [1.29, 1.82) is 0 Å². The number of benzene rings is 3. The third kappa shape index (κ3) is 4.56. The van der Waals surface area contributed by atoms with Crippen molar-refractivity contribution in [2.24, 2.45) is 0 Å². The van der Waals surface area contributed by atoms with E-state index in [1.165, 1.54) is 40.5 Å². The minimum atomic E-state index is -0.916. The number of anilines is 1. The van der Waals surface area contributed by atoms with Crippen LogP contribution in [0.25, 0.3) is 16.0 Å². The molecule has 1 saturated heterocycles. The van der Waals surface area contributed by atoms with Crippen LogP contribution in [0.1, 0.15) is 50.4 Å². The summed E-state index contributed by atoms with van der Waals surface area (Å²) < 4.78 is 20.0. The first-order valence-corrected chi connectivity index (χ1v) is 13.1. The number of fused-ring (bicyclic) bond motifs is 1. The molecule has 194 valence electrons. The molecule has 1 aromatic heterocycles. The van der Waals surface area contributed by atoms with E-state index in [-0.39, 0.29) is 22.3 Å². The lowest BCUT2D eigenvalue weighted by molar-refractivity contribution is -0.132. The number of amides is 1. The summed E-state index contributed by atoms with van der Waals surface area (Å²) in [7, 11) is 0. The van der Waals surface area contributed by atoms with Crippen LogP contribution in [-0.2, 0) is 15.0 Å². The second-order valence-corrected chi connectivity index (χ2v) is 11.1. The fourth-order valence-corrected chi connectivity index (χ4v) is 5.55. The van der Waals surface area contributed by atoms with Gasteiger partial charge < -0.3 is 9.84 Å². The van der Waals surface area contributed by atoms with E-state index in [0.717, 1.165) is 10.3 Å². The molecule has 1 aliphatic rings. The van der Waals surface area contributed by atoms with Crippen LogP contribution in [0.5, 0.6) is 5.75 Å². The minimum absolute atomic E-state index is 0.0700. The lowest BCUT2D eigenvalue weighted by Gasteiger charge is -2.24. The zero-order chi connectivity index (χ0) is 27.2. The van der Waals surface area contributed by atoms with Gasteiger partial charge in [0.05, 0.1) is 28.4 Å². The summed E-state index contributed by atoms with van der Waals surface area (Å²) in [6.07, 6.45) is 0. The van der Waals surface area contributed by atoms with Crippen molar-refractivity contribution < 1.29 is 23.8 Å². The molecule has 1 N–H and O–H groups in total. The molecule has 6 nitrogen and oxygen atoms in total. The van der Waals surface area contributed by atoms with Gasteiger partial charge >= 0.3 is 5.91 Å². The van der Waals surface area contributed by atoms with E-state index in [4.69, 9.17) is 4.74 Å². The summed E-state index contributed by atoms with van der Waals surface area (Å²) in [5.74, 6) is -1.77. The molecule has 5 rings (SSSR count). The van der Waals surface area contributed by atoms with Gasteiger partial charge in [0.25, 0.3) is 5.78 Å². The molecule has 1 aliphatic heterocycles. The summed E-state index contributed by atoms with van der Waals surface area (Å²) >= 11 is 1.27. The lowest BCUT2D eigenvalue weighted by Crippen LogP contribution is -2.29. The standard InChI is InChI=1S/C30H27FN2O4S/c1-5-37-21-14-15-22-23(16-21)38-29(32-22)33-25(17-6-10-19(11-7-17)30(2,3)4)24(27(35)28(33)36)26(34)18-8-12-20(31)13-9-18/h6-16,25,34H,5H2,1-4H3. The summed E-state index contributed by atoms with van der Waals surface area (Å²) in [5.41, 5.74) is 2.47. The Morgan fingerprint density at radius 1 is 1.05 bits per heavy atom. The van der Waals surface area contributed by atoms with Crippen LogP contribution in [-0.4, -0.2) is 28.4 Å². The fraction of sp³-hybridized carbons (Fsp3) is 0.233. The zero-order valence-corrected chi connectivity index (χ0v) is 22.3. The van der Waals surface area contributed by atoms with Gasteiger partial charge in [-0.25, -0.2) is 9.37 Å². The second kappa shape index (κ2) is 9.68. The number of ketones is 1. The summed E-state index contributed by atoms with van der Waals surface area (Å²) in [4.78, 5) is 32.9. The number of thiazole rings is 1. The number of ether oxygens (including phenoxy) is 1. The monoisotopic (exact) mass is 530 g/mol. The van der Waals surface area contributed by atoms with E-state index in [0.29, 0.717) is 28.6 Å². The number of aliphatic hydroxyl groups is 1. The maximum atomic E-state index is 13.6. The van der Waals surface area contributed by atoms with Crippen molar-refractivity contribution in [2.75, 3.05) is 11.5 Å². The van der Waals surface area contributed by atoms with Crippen molar-refractivity contribution in [3.05, 3.63) is 94.8 Å². The molecule has 8 heteroatoms. The number of carbonyl (C=O) groups excluding carboxylic acids is 2. The molecule has 1 unspecified atom stereocenters. The summed E-state index contributed by atoms with van der Waals surface area (Å²) in [6.45, 7) is 8.70. The van der Waals surface area contributed by atoms with E-state index in [1.54, 1.807) is 6.07 Å². The Hall–Kier alpha value is -4.04. The molecule has 1 amide bonds. The number of aliphatic hydroxyl groups excluding tert-OH is 1. The molecular weight excluding hydrogens is 503 g/mol. The molecule has 2 heterocycles. The Labute approximate surface area is 224 Å². The lowest BCUT2D eigenvalue weighted by atomic mass is 9.85. The molecule has 4 aromatic rings. The van der Waals surface area contributed by atoms with Gasteiger partial charge in [0, 0.05) is 5.56 Å². The smallest absolute Gasteiger partial charge is 0.301 e. The minimum Gasteiger partial charge on any atom is -0.507 e. The SMILES string of the molecule is CCOc1ccc2nc(N3C(=O)C(=O)C(=C(O)c4ccc(F)cc4)C3c3ccc(C(C)(C)C)cc3)sc2c1. The van der Waals surface area contributed by atoms with Crippen LogP contribution in [0.4, 0.5) is 9.52 Å². The van der Waals surface area contributed by atoms with Crippen LogP contribution < -0.4 is 9.64 Å². The van der Waals surface area contributed by atoms with Crippen LogP contribution in [0.3, 0.4) is 0 Å². The molecular formula is C30H27FN2O4S. The largest absolute Gasteiger partial charge is 0.507 e. The topological polar surface area (TPSA) is 79.7 Å². The highest BCUT2D eigenvalue weighted by molar-refractivity contribution is 7.22. The third-order valence-electron chi connectivity index (χ3n) is 6.52. The maximum Gasteiger partial charge on any atom is 0.301 e. The van der Waals surface area contributed by atoms with Gasteiger partial charge in [-0.3, -0.25) is 14.5 Å². The van der Waals surface area contributed by atoms with Crippen molar-refractivity contribution in [2.45, 2.75) is 39.2 Å². The quantitative estimate of drug-likeness (QED) is 0.175. The number of Topliss-reactive ketones (excluding diaryl/α,β-unsaturated/α-hetero) is 1. The van der Waals surface area contributed by atoms with Gasteiger partial charge in [-0.05, 0) is 65.9 Å². The summed E-state index contributed by atoms with van der Waals surface area (Å²) in [5, 5.41) is 11.6. The first-order valence-electron chi connectivity index (χ1n) is 12.3. The van der Waals surface area contributed by atoms with Gasteiger partial charge in [0.2, 0.25) is 0 Å². The Kier molecular flexibility index (Phi) is 6.53. The Morgan fingerprint density at radius 2 is 1.74 bits per heavy atom. The first kappa shape index (κ1) is 25.6. The van der Waals surface area contributed by atoms with Gasteiger partial charge in [-0.1, -0.05) is 56.4 Å². The fourth-order valence-electron chi connectivity index (χ4n) is 4.53. The second-order valence-electron chi connectivity index (χ2n) is 10.1. The van der Waals surface area contributed by atoms with Gasteiger partial charge in [-0.2, -0.15) is 0 Å². The van der Waals surface area contributed by atoms with Gasteiger partial charge in [0.1, 0.15) is 17.3 Å². The Bertz CT molecular complexity index is 1570. The maximum absolute atomic E-state index is 13.6.